The van der Waals surface area contributed by atoms with E-state index in [1.807, 2.05) is 72.8 Å². The molecule has 0 saturated heterocycles. The first-order chi connectivity index (χ1) is 13.2. The quantitative estimate of drug-likeness (QED) is 0.386. The van der Waals surface area contributed by atoms with Gasteiger partial charge in [0.1, 0.15) is 29.9 Å². The van der Waals surface area contributed by atoms with E-state index in [4.69, 9.17) is 10.2 Å². The molecule has 0 N–H and O–H groups in total. The topological polar surface area (TPSA) is 102 Å². The molecule has 0 bridgehead atoms. The molecule has 2 aromatic heterocycles. The molecule has 0 aliphatic heterocycles. The van der Waals surface area contributed by atoms with Gasteiger partial charge in [-0.05, 0) is 6.07 Å². The van der Waals surface area contributed by atoms with Gasteiger partial charge in [0.25, 0.3) is 0 Å². The van der Waals surface area contributed by atoms with Gasteiger partial charge in [-0.3, -0.25) is 0 Å². The number of aliphatic imine (C=N–C) groups is 2. The third kappa shape index (κ3) is 2.74. The Balaban J connectivity index is 2.01. The maximum Gasteiger partial charge on any atom is 0.206 e. The number of hydrogen-bond donors (Lipinski definition) is 0. The summed E-state index contributed by atoms with van der Waals surface area (Å²) in [5.74, 6) is 0. The lowest BCUT2D eigenvalue weighted by Crippen LogP contribution is -2.27. The second kappa shape index (κ2) is 6.58. The van der Waals surface area contributed by atoms with Gasteiger partial charge in [0.2, 0.25) is 12.4 Å². The molecule has 0 atom stereocenters. The molecule has 4 rings (SSSR count). The summed E-state index contributed by atoms with van der Waals surface area (Å²) < 4.78 is 1.92. The highest BCUT2D eigenvalue weighted by atomic mass is 14.9. The molecule has 0 radical (unpaired) electrons. The smallest absolute Gasteiger partial charge is 0.206 e. The normalized spacial score (nSPS) is 14.9. The van der Waals surface area contributed by atoms with Crippen LogP contribution in [0.5, 0.6) is 0 Å². The number of benzene rings is 1. The summed E-state index contributed by atoms with van der Waals surface area (Å²) in [6, 6.07) is 11.2. The minimum Gasteiger partial charge on any atom is -0.250 e. The second-order valence-corrected chi connectivity index (χ2v) is 5.88. The van der Waals surface area contributed by atoms with Gasteiger partial charge in [-0.1, -0.05) is 24.3 Å². The third-order valence-corrected chi connectivity index (χ3v) is 4.22. The minimum atomic E-state index is 0.426. The zero-order chi connectivity index (χ0) is 18.8. The van der Waals surface area contributed by atoms with Gasteiger partial charge in [0, 0.05) is 17.2 Å². The van der Waals surface area contributed by atoms with Crippen LogP contribution in [0, 0.1) is 22.9 Å². The fraction of sp³-hybridized carbons (Fsp3) is 0.0500. The first-order valence-corrected chi connectivity index (χ1v) is 8.09. The van der Waals surface area contributed by atoms with Gasteiger partial charge in [0.05, 0.1) is 17.5 Å². The van der Waals surface area contributed by atoms with Gasteiger partial charge in [0.15, 0.2) is 12.4 Å². The summed E-state index contributed by atoms with van der Waals surface area (Å²) in [5, 5.41) is 18.3. The lowest BCUT2D eigenvalue weighted by molar-refractivity contribution is -0.671. The Hall–Kier alpha value is -4.23. The van der Waals surface area contributed by atoms with Crippen molar-refractivity contribution in [3.8, 4) is 23.6 Å². The highest BCUT2D eigenvalue weighted by Gasteiger charge is 2.30. The lowest BCUT2D eigenvalue weighted by Gasteiger charge is -2.20. The lowest BCUT2D eigenvalue weighted by atomic mass is 9.88. The van der Waals surface area contributed by atoms with E-state index >= 15 is 0 Å². The predicted molar refractivity (Wildman–Crippen MR) is 97.6 cm³/mol. The zero-order valence-electron chi connectivity index (χ0n) is 14.3. The number of rotatable bonds is 1. The van der Waals surface area contributed by atoms with Crippen LogP contribution in [0.4, 0.5) is 0 Å². The monoisotopic (exact) mass is 350 g/mol. The Morgan fingerprint density at radius 1 is 0.926 bits per heavy atom. The highest BCUT2D eigenvalue weighted by Crippen LogP contribution is 2.28. The van der Waals surface area contributed by atoms with Gasteiger partial charge in [-0.25, -0.2) is 14.5 Å². The summed E-state index contributed by atoms with van der Waals surface area (Å²) >= 11 is 0. The number of pyridine rings is 1. The number of nitrogens with zero attached hydrogens (tertiary/aromatic N) is 7. The van der Waals surface area contributed by atoms with Crippen LogP contribution in [0.2, 0.25) is 0 Å². The van der Waals surface area contributed by atoms with E-state index in [-0.39, 0.29) is 0 Å². The van der Waals surface area contributed by atoms with E-state index in [2.05, 4.69) is 15.0 Å². The van der Waals surface area contributed by atoms with Crippen molar-refractivity contribution in [1.29, 1.82) is 10.5 Å². The van der Waals surface area contributed by atoms with Crippen LogP contribution in [0.15, 0.2) is 65.0 Å². The molecule has 3 aromatic rings. The number of aromatic nitrogens is 3. The van der Waals surface area contributed by atoms with Crippen LogP contribution in [-0.2, 0) is 7.05 Å². The first kappa shape index (κ1) is 16.2. The van der Waals surface area contributed by atoms with E-state index in [1.54, 1.807) is 6.20 Å². The van der Waals surface area contributed by atoms with Gasteiger partial charge < -0.3 is 0 Å². The Morgan fingerprint density at radius 3 is 2.22 bits per heavy atom. The molecule has 1 aliphatic carbocycles. The SMILES string of the molecule is C[n+]1cccc(-c2cnc3c(n2)C(=NC#N)c2ccccc2C3=NC#N)c1. The fourth-order valence-electron chi connectivity index (χ4n) is 3.08. The van der Waals surface area contributed by atoms with Crippen molar-refractivity contribution in [3.63, 3.8) is 0 Å². The summed E-state index contributed by atoms with van der Waals surface area (Å²) in [5.41, 5.74) is 4.66. The highest BCUT2D eigenvalue weighted by molar-refractivity contribution is 6.30. The standard InChI is InChI=1S/C20H12N7/c1-27-8-4-5-13(10-27)16-9-23-19-17(24-11-21)14-6-2-3-7-15(14)18(25-12-22)20(19)26-16/h2-10H,1H3/q+1. The Labute approximate surface area is 155 Å². The first-order valence-electron chi connectivity index (χ1n) is 8.09. The summed E-state index contributed by atoms with van der Waals surface area (Å²) in [4.78, 5) is 17.2. The molecular weight excluding hydrogens is 338 g/mol. The van der Waals surface area contributed by atoms with Crippen LogP contribution in [0.1, 0.15) is 22.5 Å². The molecule has 2 heterocycles. The maximum atomic E-state index is 9.19. The van der Waals surface area contributed by atoms with Crippen LogP contribution >= 0.6 is 0 Å². The molecule has 7 heteroatoms. The van der Waals surface area contributed by atoms with Crippen molar-refractivity contribution in [2.24, 2.45) is 17.0 Å². The van der Waals surface area contributed by atoms with E-state index < -0.39 is 0 Å². The van der Waals surface area contributed by atoms with E-state index in [1.165, 1.54) is 0 Å². The van der Waals surface area contributed by atoms with E-state index in [0.717, 1.165) is 5.56 Å². The number of nitriles is 2. The summed E-state index contributed by atoms with van der Waals surface area (Å²) in [7, 11) is 1.92. The molecule has 1 aliphatic rings. The Kier molecular flexibility index (Phi) is 3.96. The minimum absolute atomic E-state index is 0.426. The summed E-state index contributed by atoms with van der Waals surface area (Å²) in [6.07, 6.45) is 9.17. The molecule has 27 heavy (non-hydrogen) atoms. The van der Waals surface area contributed by atoms with E-state index in [9.17, 15) is 5.26 Å². The molecule has 0 fully saturated rings. The number of hydrogen-bond acceptors (Lipinski definition) is 6. The molecule has 1 aromatic carbocycles. The van der Waals surface area contributed by atoms with Crippen molar-refractivity contribution in [1.82, 2.24) is 9.97 Å². The average molecular weight is 350 g/mol. The predicted octanol–water partition coefficient (Wildman–Crippen LogP) is 1.92. The Bertz CT molecular complexity index is 1210. The largest absolute Gasteiger partial charge is 0.250 e. The van der Waals surface area contributed by atoms with Crippen LogP contribution < -0.4 is 4.57 Å². The van der Waals surface area contributed by atoms with Crippen molar-refractivity contribution < 1.29 is 4.57 Å². The molecule has 7 nitrogen and oxygen atoms in total. The molecular formula is C20H12N7+. The molecule has 126 valence electrons. The van der Waals surface area contributed by atoms with Crippen molar-refractivity contribution in [3.05, 3.63) is 77.5 Å². The third-order valence-electron chi connectivity index (χ3n) is 4.22. The molecule has 0 saturated carbocycles. The Morgan fingerprint density at radius 2 is 1.59 bits per heavy atom. The van der Waals surface area contributed by atoms with Crippen molar-refractivity contribution >= 4 is 11.4 Å². The van der Waals surface area contributed by atoms with Crippen LogP contribution in [0.3, 0.4) is 0 Å². The number of fused-ring (bicyclic) bond motifs is 2. The average Bonchev–Trinajstić information content (AvgIpc) is 2.70. The van der Waals surface area contributed by atoms with Crippen LogP contribution in [0.25, 0.3) is 11.3 Å². The van der Waals surface area contributed by atoms with Crippen molar-refractivity contribution in [2.75, 3.05) is 0 Å². The molecule has 0 amide bonds. The zero-order valence-corrected chi connectivity index (χ0v) is 14.3. The molecule has 0 spiro atoms. The maximum absolute atomic E-state index is 9.19. The van der Waals surface area contributed by atoms with Crippen molar-refractivity contribution in [2.45, 2.75) is 0 Å². The van der Waals surface area contributed by atoms with Gasteiger partial charge in [-0.15, -0.1) is 0 Å². The van der Waals surface area contributed by atoms with E-state index in [0.29, 0.717) is 39.6 Å². The fourth-order valence-corrected chi connectivity index (χ4v) is 3.08. The molecule has 0 unspecified atom stereocenters. The second-order valence-electron chi connectivity index (χ2n) is 5.88. The van der Waals surface area contributed by atoms with Gasteiger partial charge in [-0.2, -0.15) is 20.5 Å². The number of aryl methyl sites for hydroxylation is 1. The van der Waals surface area contributed by atoms with Gasteiger partial charge >= 0.3 is 0 Å². The summed E-state index contributed by atoms with van der Waals surface area (Å²) in [6.45, 7) is 0. The van der Waals surface area contributed by atoms with Crippen LogP contribution in [-0.4, -0.2) is 21.4 Å².